The van der Waals surface area contributed by atoms with Crippen molar-refractivity contribution in [2.24, 2.45) is 0 Å². The maximum absolute atomic E-state index is 12.5. The third kappa shape index (κ3) is 8.69. The van der Waals surface area contributed by atoms with Crippen LogP contribution in [0.15, 0.2) is 153 Å². The minimum absolute atomic E-state index is 0.00706. The van der Waals surface area contributed by atoms with Crippen LogP contribution in [-0.4, -0.2) is 5.12 Å². The molecule has 5 aromatic rings. The second-order valence-corrected chi connectivity index (χ2v) is 12.5. The molecule has 0 spiro atoms. The highest BCUT2D eigenvalue weighted by Crippen LogP contribution is 2.36. The zero-order valence-electron chi connectivity index (χ0n) is 20.8. The molecular weight excluding hydrogens is 587 g/mol. The average molecular weight is 610 g/mol. The second-order valence-electron chi connectivity index (χ2n) is 8.23. The Balaban J connectivity index is 0.000000681. The van der Waals surface area contributed by atoms with Gasteiger partial charge in [-0.15, -0.1) is 10.2 Å². The smallest absolute Gasteiger partial charge is 0.224 e. The normalized spacial score (nSPS) is 11.1. The summed E-state index contributed by atoms with van der Waals surface area (Å²) in [6.45, 7) is 0. The molecular formula is C31H22Cl2O5S2. The van der Waals surface area contributed by atoms with Gasteiger partial charge in [-0.25, -0.2) is 18.6 Å². The number of hydrogen-bond donors (Lipinski definition) is 0. The zero-order chi connectivity index (χ0) is 28.5. The predicted molar refractivity (Wildman–Crippen MR) is 149 cm³/mol. The molecule has 202 valence electrons. The van der Waals surface area contributed by atoms with E-state index in [4.69, 9.17) is 30.2 Å². The molecule has 5 aromatic carbocycles. The van der Waals surface area contributed by atoms with Crippen molar-refractivity contribution < 1.29 is 33.7 Å². The summed E-state index contributed by atoms with van der Waals surface area (Å²) in [5.41, 5.74) is 2.68. The number of halogens is 2. The fraction of sp³-hybridized carbons (Fsp3) is 0. The van der Waals surface area contributed by atoms with Gasteiger partial charge in [-0.2, -0.15) is 0 Å². The van der Waals surface area contributed by atoms with Crippen LogP contribution in [0.4, 0.5) is 0 Å². The minimum atomic E-state index is -4.94. The monoisotopic (exact) mass is 608 g/mol. The zero-order valence-corrected chi connectivity index (χ0v) is 24.0. The van der Waals surface area contributed by atoms with Crippen LogP contribution >= 0.6 is 23.4 Å². The highest BCUT2D eigenvalue weighted by atomic mass is 35.7. The van der Waals surface area contributed by atoms with Gasteiger partial charge in [0, 0.05) is 21.0 Å². The number of carbonyl (C=O) groups is 1. The molecule has 0 atom stereocenters. The van der Waals surface area contributed by atoms with Crippen LogP contribution in [0.2, 0.25) is 5.02 Å². The standard InChI is InChI=1S/C31H22ClOS2.ClHO4/c32-30-22-25(34-31(33)24-10-4-1-5-11-24)18-21-29(30)23-16-19-28(20-17-23)35(26-12-6-2-7-13-26)27-14-8-3-9-15-27;2-1(3,4)5/h1-22H;(H,2,3,4,5)/q+1;/p-1. The van der Waals surface area contributed by atoms with Gasteiger partial charge in [0.15, 0.2) is 14.7 Å². The summed E-state index contributed by atoms with van der Waals surface area (Å²) in [5, 5.41) is 0.640. The Hall–Kier alpha value is -3.11. The summed E-state index contributed by atoms with van der Waals surface area (Å²) in [6, 6.07) is 45.0. The Morgan fingerprint density at radius 2 is 1.07 bits per heavy atom. The molecule has 0 N–H and O–H groups in total. The molecule has 0 aliphatic rings. The van der Waals surface area contributed by atoms with Gasteiger partial charge in [-0.05, 0) is 78.0 Å². The lowest BCUT2D eigenvalue weighted by Crippen LogP contribution is -2.68. The molecule has 40 heavy (non-hydrogen) atoms. The van der Waals surface area contributed by atoms with Gasteiger partial charge < -0.3 is 0 Å². The van der Waals surface area contributed by atoms with Crippen molar-refractivity contribution >= 4 is 39.4 Å². The number of benzene rings is 5. The summed E-state index contributed by atoms with van der Waals surface area (Å²) < 4.78 is 34.0. The topological polar surface area (TPSA) is 109 Å². The Labute approximate surface area is 246 Å². The molecule has 0 saturated heterocycles. The summed E-state index contributed by atoms with van der Waals surface area (Å²) in [5.74, 6) is 0. The van der Waals surface area contributed by atoms with Crippen molar-refractivity contribution in [3.63, 3.8) is 0 Å². The quantitative estimate of drug-likeness (QED) is 0.210. The number of carbonyl (C=O) groups excluding carboxylic acids is 1. The van der Waals surface area contributed by atoms with Crippen molar-refractivity contribution in [3.05, 3.63) is 144 Å². The molecule has 0 aromatic heterocycles. The first-order valence-corrected chi connectivity index (χ1v) is 15.5. The predicted octanol–water partition coefficient (Wildman–Crippen LogP) is 4.28. The molecule has 0 bridgehead atoms. The highest BCUT2D eigenvalue weighted by molar-refractivity contribution is 8.14. The first kappa shape index (κ1) is 29.9. The van der Waals surface area contributed by atoms with E-state index in [0.717, 1.165) is 16.0 Å². The van der Waals surface area contributed by atoms with E-state index < -0.39 is 10.2 Å². The fourth-order valence-electron chi connectivity index (χ4n) is 3.83. The molecule has 0 aliphatic heterocycles. The molecule has 0 radical (unpaired) electrons. The Kier molecular flexibility index (Phi) is 10.4. The van der Waals surface area contributed by atoms with Gasteiger partial charge in [0.05, 0.1) is 10.9 Å². The molecule has 5 rings (SSSR count). The van der Waals surface area contributed by atoms with Crippen LogP contribution in [0, 0.1) is 10.2 Å². The SMILES string of the molecule is O=C(Sc1ccc(-c2ccc([S+](c3ccccc3)c3ccccc3)cc2)c(Cl)c1)c1ccccc1.[O-][Cl+3]([O-])([O-])[O-]. The van der Waals surface area contributed by atoms with Crippen molar-refractivity contribution in [3.8, 4) is 11.1 Å². The maximum atomic E-state index is 12.5. The Morgan fingerprint density at radius 1 is 0.625 bits per heavy atom. The van der Waals surface area contributed by atoms with Gasteiger partial charge in [0.25, 0.3) is 0 Å². The first-order valence-electron chi connectivity index (χ1n) is 11.8. The van der Waals surface area contributed by atoms with Crippen molar-refractivity contribution in [2.75, 3.05) is 0 Å². The second kappa shape index (κ2) is 14.0. The first-order chi connectivity index (χ1) is 19.2. The number of thioether (sulfide) groups is 1. The van der Waals surface area contributed by atoms with E-state index in [2.05, 4.69) is 84.9 Å². The minimum Gasteiger partial charge on any atom is -0.281 e. The number of hydrogen-bond acceptors (Lipinski definition) is 6. The van der Waals surface area contributed by atoms with Crippen LogP contribution in [0.5, 0.6) is 0 Å². The molecule has 9 heteroatoms. The lowest BCUT2D eigenvalue weighted by Gasteiger charge is -2.17. The van der Waals surface area contributed by atoms with Crippen LogP contribution < -0.4 is 18.6 Å². The lowest BCUT2D eigenvalue weighted by atomic mass is 10.1. The van der Waals surface area contributed by atoms with E-state index >= 15 is 0 Å². The van der Waals surface area contributed by atoms with Crippen LogP contribution in [0.25, 0.3) is 11.1 Å². The van der Waals surface area contributed by atoms with E-state index in [0.29, 0.717) is 10.6 Å². The maximum Gasteiger partial charge on any atom is 0.224 e. The van der Waals surface area contributed by atoms with Gasteiger partial charge >= 0.3 is 0 Å². The van der Waals surface area contributed by atoms with Gasteiger partial charge in [-0.3, -0.25) is 4.79 Å². The van der Waals surface area contributed by atoms with Crippen molar-refractivity contribution in [1.82, 2.24) is 0 Å². The molecule has 0 amide bonds. The largest absolute Gasteiger partial charge is 0.281 e. The van der Waals surface area contributed by atoms with Gasteiger partial charge in [0.1, 0.15) is 0 Å². The van der Waals surface area contributed by atoms with Crippen molar-refractivity contribution in [2.45, 2.75) is 19.6 Å². The third-order valence-electron chi connectivity index (χ3n) is 5.52. The summed E-state index contributed by atoms with van der Waals surface area (Å²) in [6.07, 6.45) is 0. The summed E-state index contributed by atoms with van der Waals surface area (Å²) >= 11 is 7.86. The molecule has 0 fully saturated rings. The molecule has 0 saturated carbocycles. The Bertz CT molecular complexity index is 1480. The number of rotatable bonds is 6. The van der Waals surface area contributed by atoms with Crippen LogP contribution in [0.1, 0.15) is 10.4 Å². The van der Waals surface area contributed by atoms with Gasteiger partial charge in [-0.1, -0.05) is 84.4 Å². The van der Waals surface area contributed by atoms with E-state index in [-0.39, 0.29) is 16.0 Å². The van der Waals surface area contributed by atoms with Crippen LogP contribution in [-0.2, 0) is 10.9 Å². The molecule has 0 unspecified atom stereocenters. The third-order valence-corrected chi connectivity index (χ3v) is 8.97. The van der Waals surface area contributed by atoms with Crippen molar-refractivity contribution in [1.29, 1.82) is 0 Å². The average Bonchev–Trinajstić information content (AvgIpc) is 2.95. The molecule has 0 heterocycles. The Morgan fingerprint density at radius 3 is 1.55 bits per heavy atom. The summed E-state index contributed by atoms with van der Waals surface area (Å²) in [4.78, 5) is 17.2. The van der Waals surface area contributed by atoms with E-state index in [1.54, 1.807) is 0 Å². The van der Waals surface area contributed by atoms with Gasteiger partial charge in [0.2, 0.25) is 5.12 Å². The summed E-state index contributed by atoms with van der Waals surface area (Å²) in [7, 11) is -5.13. The molecule has 0 aliphatic carbocycles. The highest BCUT2D eigenvalue weighted by Gasteiger charge is 2.28. The van der Waals surface area contributed by atoms with E-state index in [9.17, 15) is 4.79 Å². The van der Waals surface area contributed by atoms with E-state index in [1.807, 2.05) is 48.5 Å². The lowest BCUT2D eigenvalue weighted by molar-refractivity contribution is -2.00. The fourth-order valence-corrected chi connectivity index (χ4v) is 7.04. The molecule has 5 nitrogen and oxygen atoms in total. The van der Waals surface area contributed by atoms with Crippen LogP contribution in [0.3, 0.4) is 0 Å². The van der Waals surface area contributed by atoms with E-state index in [1.165, 1.54) is 26.4 Å².